The van der Waals surface area contributed by atoms with E-state index in [-0.39, 0.29) is 5.91 Å². The minimum atomic E-state index is -0.140. The molecule has 4 nitrogen and oxygen atoms in total. The number of benzene rings is 2. The molecule has 2 rings (SSSR count). The molecule has 0 spiro atoms. The van der Waals surface area contributed by atoms with Gasteiger partial charge in [-0.1, -0.05) is 13.3 Å². The van der Waals surface area contributed by atoms with Gasteiger partial charge in [0.2, 0.25) is 0 Å². The Morgan fingerprint density at radius 1 is 1.12 bits per heavy atom. The Bertz CT molecular complexity index is 686. The largest absolute Gasteiger partial charge is 0.494 e. The summed E-state index contributed by atoms with van der Waals surface area (Å²) in [6.45, 7) is 5.81. The van der Waals surface area contributed by atoms with Crippen molar-refractivity contribution in [3.63, 3.8) is 0 Å². The Kier molecular flexibility index (Phi) is 8.21. The van der Waals surface area contributed by atoms with Crippen molar-refractivity contribution in [1.82, 2.24) is 0 Å². The molecule has 1 N–H and O–H groups in total. The highest BCUT2D eigenvalue weighted by atomic mass is 127. The van der Waals surface area contributed by atoms with Crippen LogP contribution in [0.5, 0.6) is 5.75 Å². The SMILES string of the molecule is CCCCOCc1cc(C(=O)Nc2ccc(I)cc2)ccc1OCC. The van der Waals surface area contributed by atoms with Gasteiger partial charge in [0.15, 0.2) is 0 Å². The maximum atomic E-state index is 12.5. The van der Waals surface area contributed by atoms with E-state index in [0.717, 1.165) is 33.4 Å². The lowest BCUT2D eigenvalue weighted by molar-refractivity contribution is 0.102. The van der Waals surface area contributed by atoms with E-state index in [1.54, 1.807) is 6.07 Å². The van der Waals surface area contributed by atoms with Crippen LogP contribution in [0.15, 0.2) is 42.5 Å². The van der Waals surface area contributed by atoms with Crippen molar-refractivity contribution < 1.29 is 14.3 Å². The summed E-state index contributed by atoms with van der Waals surface area (Å²) in [7, 11) is 0. The molecule has 0 fully saturated rings. The molecule has 1 amide bonds. The Labute approximate surface area is 163 Å². The average Bonchev–Trinajstić information content (AvgIpc) is 2.62. The molecule has 0 aliphatic rings. The van der Waals surface area contributed by atoms with E-state index in [2.05, 4.69) is 34.8 Å². The van der Waals surface area contributed by atoms with Crippen molar-refractivity contribution in [2.75, 3.05) is 18.5 Å². The predicted octanol–water partition coefficient (Wildman–Crippen LogP) is 5.26. The van der Waals surface area contributed by atoms with Gasteiger partial charge in [-0.05, 0) is 78.4 Å². The van der Waals surface area contributed by atoms with Crippen molar-refractivity contribution in [3.05, 3.63) is 57.2 Å². The molecule has 0 saturated heterocycles. The molecular formula is C20H24INO3. The third-order valence-electron chi connectivity index (χ3n) is 3.62. The number of halogens is 1. The van der Waals surface area contributed by atoms with Crippen LogP contribution < -0.4 is 10.1 Å². The van der Waals surface area contributed by atoms with E-state index >= 15 is 0 Å². The van der Waals surface area contributed by atoms with Crippen molar-refractivity contribution >= 4 is 34.2 Å². The molecule has 0 unspecified atom stereocenters. The lowest BCUT2D eigenvalue weighted by Crippen LogP contribution is -2.13. The minimum absolute atomic E-state index is 0.140. The second-order valence-electron chi connectivity index (χ2n) is 5.62. The number of anilines is 1. The molecule has 0 aromatic heterocycles. The van der Waals surface area contributed by atoms with Gasteiger partial charge in [-0.25, -0.2) is 0 Å². The van der Waals surface area contributed by atoms with Gasteiger partial charge in [0.1, 0.15) is 5.75 Å². The summed E-state index contributed by atoms with van der Waals surface area (Å²) in [4.78, 5) is 12.5. The fraction of sp³-hybridized carbons (Fsp3) is 0.350. The number of rotatable bonds is 9. The Balaban J connectivity index is 2.10. The molecular weight excluding hydrogens is 429 g/mol. The van der Waals surface area contributed by atoms with Crippen LogP contribution in [0.2, 0.25) is 0 Å². The van der Waals surface area contributed by atoms with Crippen LogP contribution in [0.25, 0.3) is 0 Å². The maximum Gasteiger partial charge on any atom is 0.255 e. The molecule has 0 aliphatic heterocycles. The molecule has 5 heteroatoms. The summed E-state index contributed by atoms with van der Waals surface area (Å²) in [6, 6.07) is 13.2. The normalized spacial score (nSPS) is 10.5. The van der Waals surface area contributed by atoms with Gasteiger partial charge in [0, 0.05) is 27.0 Å². The van der Waals surface area contributed by atoms with E-state index in [9.17, 15) is 4.79 Å². The van der Waals surface area contributed by atoms with Crippen LogP contribution in [-0.4, -0.2) is 19.1 Å². The number of amides is 1. The monoisotopic (exact) mass is 453 g/mol. The van der Waals surface area contributed by atoms with Crippen molar-refractivity contribution in [3.8, 4) is 5.75 Å². The summed E-state index contributed by atoms with van der Waals surface area (Å²) in [5.74, 6) is 0.629. The Morgan fingerprint density at radius 3 is 2.56 bits per heavy atom. The number of hydrogen-bond acceptors (Lipinski definition) is 3. The minimum Gasteiger partial charge on any atom is -0.494 e. The van der Waals surface area contributed by atoms with Gasteiger partial charge >= 0.3 is 0 Å². The maximum absolute atomic E-state index is 12.5. The smallest absolute Gasteiger partial charge is 0.255 e. The molecule has 0 radical (unpaired) electrons. The molecule has 0 aliphatic carbocycles. The first kappa shape index (κ1) is 19.7. The first-order valence-corrected chi connectivity index (χ1v) is 9.62. The van der Waals surface area contributed by atoms with E-state index in [1.165, 1.54) is 0 Å². The lowest BCUT2D eigenvalue weighted by atomic mass is 10.1. The number of ether oxygens (including phenoxy) is 2. The van der Waals surface area contributed by atoms with E-state index in [0.29, 0.717) is 25.4 Å². The number of carbonyl (C=O) groups is 1. The predicted molar refractivity (Wildman–Crippen MR) is 109 cm³/mol. The van der Waals surface area contributed by atoms with E-state index < -0.39 is 0 Å². The number of hydrogen-bond donors (Lipinski definition) is 1. The summed E-state index contributed by atoms with van der Waals surface area (Å²) >= 11 is 2.24. The van der Waals surface area contributed by atoms with Crippen LogP contribution in [0.3, 0.4) is 0 Å². The van der Waals surface area contributed by atoms with E-state index in [4.69, 9.17) is 9.47 Å². The summed E-state index contributed by atoms with van der Waals surface area (Å²) < 4.78 is 12.5. The summed E-state index contributed by atoms with van der Waals surface area (Å²) in [5, 5.41) is 2.92. The lowest BCUT2D eigenvalue weighted by Gasteiger charge is -2.13. The zero-order valence-electron chi connectivity index (χ0n) is 14.7. The Morgan fingerprint density at radius 2 is 1.88 bits per heavy atom. The molecule has 2 aromatic rings. The highest BCUT2D eigenvalue weighted by Crippen LogP contribution is 2.22. The number of nitrogens with one attached hydrogen (secondary N) is 1. The molecule has 134 valence electrons. The number of unbranched alkanes of at least 4 members (excludes halogenated alkanes) is 1. The summed E-state index contributed by atoms with van der Waals surface area (Å²) in [5.41, 5.74) is 2.27. The van der Waals surface area contributed by atoms with Gasteiger partial charge in [0.25, 0.3) is 5.91 Å². The van der Waals surface area contributed by atoms with Crippen LogP contribution in [0.1, 0.15) is 42.6 Å². The Hall–Kier alpha value is -1.60. The third kappa shape index (κ3) is 6.32. The second kappa shape index (κ2) is 10.4. The van der Waals surface area contributed by atoms with Gasteiger partial charge in [0.05, 0.1) is 13.2 Å². The van der Waals surface area contributed by atoms with Crippen LogP contribution in [0.4, 0.5) is 5.69 Å². The second-order valence-corrected chi connectivity index (χ2v) is 6.87. The topological polar surface area (TPSA) is 47.6 Å². The van der Waals surface area contributed by atoms with E-state index in [1.807, 2.05) is 43.3 Å². The van der Waals surface area contributed by atoms with Crippen molar-refractivity contribution in [1.29, 1.82) is 0 Å². The van der Waals surface area contributed by atoms with Gasteiger partial charge < -0.3 is 14.8 Å². The highest BCUT2D eigenvalue weighted by molar-refractivity contribution is 14.1. The average molecular weight is 453 g/mol. The standard InChI is InChI=1S/C20H24INO3/c1-3-5-12-24-14-16-13-15(6-11-19(16)25-4-2)20(23)22-18-9-7-17(21)8-10-18/h6-11,13H,3-5,12,14H2,1-2H3,(H,22,23). The molecule has 0 heterocycles. The van der Waals surface area contributed by atoms with Gasteiger partial charge in [-0.2, -0.15) is 0 Å². The quantitative estimate of drug-likeness (QED) is 0.416. The molecule has 2 aromatic carbocycles. The molecule has 0 bridgehead atoms. The van der Waals surface area contributed by atoms with Crippen LogP contribution in [-0.2, 0) is 11.3 Å². The molecule has 0 atom stereocenters. The zero-order valence-corrected chi connectivity index (χ0v) is 16.8. The van der Waals surface area contributed by atoms with Crippen LogP contribution >= 0.6 is 22.6 Å². The first-order valence-electron chi connectivity index (χ1n) is 8.54. The fourth-order valence-corrected chi connectivity index (χ4v) is 2.65. The van der Waals surface area contributed by atoms with Crippen molar-refractivity contribution in [2.24, 2.45) is 0 Å². The molecule has 0 saturated carbocycles. The van der Waals surface area contributed by atoms with Crippen molar-refractivity contribution in [2.45, 2.75) is 33.3 Å². The third-order valence-corrected chi connectivity index (χ3v) is 4.34. The van der Waals surface area contributed by atoms with Crippen LogP contribution in [0, 0.1) is 3.57 Å². The fourth-order valence-electron chi connectivity index (χ4n) is 2.29. The first-order chi connectivity index (χ1) is 12.1. The van der Waals surface area contributed by atoms with Gasteiger partial charge in [-0.15, -0.1) is 0 Å². The molecule has 25 heavy (non-hydrogen) atoms. The van der Waals surface area contributed by atoms with Gasteiger partial charge in [-0.3, -0.25) is 4.79 Å². The summed E-state index contributed by atoms with van der Waals surface area (Å²) in [6.07, 6.45) is 2.12. The number of carbonyl (C=O) groups excluding carboxylic acids is 1. The zero-order chi connectivity index (χ0) is 18.1. The highest BCUT2D eigenvalue weighted by Gasteiger charge is 2.11.